The van der Waals surface area contributed by atoms with Crippen LogP contribution < -0.4 is 0 Å². The number of benzene rings is 1. The van der Waals surface area contributed by atoms with Gasteiger partial charge in [-0.2, -0.15) is 0 Å². The Bertz CT molecular complexity index is 399. The first kappa shape index (κ1) is 12.4. The minimum Gasteiger partial charge on any atom is -0.469 e. The third kappa shape index (κ3) is 3.19. The molecular weight excluding hydrogens is 202 g/mol. The van der Waals surface area contributed by atoms with Gasteiger partial charge in [-0.1, -0.05) is 25.1 Å². The first-order valence-corrected chi connectivity index (χ1v) is 5.27. The Morgan fingerprint density at radius 1 is 1.50 bits per heavy atom. The summed E-state index contributed by atoms with van der Waals surface area (Å²) in [5.74, 6) is -0.344. The van der Waals surface area contributed by atoms with Crippen LogP contribution in [0.15, 0.2) is 24.3 Å². The number of carbonyl (C=O) groups excluding carboxylic acids is 1. The smallest absolute Gasteiger partial charge is 0.308 e. The zero-order chi connectivity index (χ0) is 12.1. The molecule has 86 valence electrons. The van der Waals surface area contributed by atoms with Crippen molar-refractivity contribution in [2.75, 3.05) is 7.11 Å². The van der Waals surface area contributed by atoms with Crippen LogP contribution >= 0.6 is 0 Å². The van der Waals surface area contributed by atoms with Crippen molar-refractivity contribution in [3.8, 4) is 0 Å². The molecule has 0 aliphatic carbocycles. The Labute approximate surface area is 95.9 Å². The van der Waals surface area contributed by atoms with Gasteiger partial charge in [0.15, 0.2) is 0 Å². The first-order valence-electron chi connectivity index (χ1n) is 5.27. The fraction of sp³-hybridized carbons (Fsp3) is 0.385. The summed E-state index contributed by atoms with van der Waals surface area (Å²) in [4.78, 5) is 11.3. The maximum absolute atomic E-state index is 11.3. The Kier molecular flexibility index (Phi) is 4.23. The van der Waals surface area contributed by atoms with E-state index in [2.05, 4.69) is 4.74 Å². The second kappa shape index (κ2) is 5.45. The number of nitrogens with one attached hydrogen (secondary N) is 1. The lowest BCUT2D eigenvalue weighted by Gasteiger charge is -2.09. The summed E-state index contributed by atoms with van der Waals surface area (Å²) in [7, 11) is 1.40. The molecule has 1 N–H and O–H groups in total. The van der Waals surface area contributed by atoms with Gasteiger partial charge in [0, 0.05) is 5.71 Å². The van der Waals surface area contributed by atoms with Crippen LogP contribution in [0, 0.1) is 11.3 Å². The van der Waals surface area contributed by atoms with Crippen molar-refractivity contribution >= 4 is 11.7 Å². The standard InChI is InChI=1S/C13H17NO2/c1-9(13(15)16-3)7-11-5-4-6-12(8-11)10(2)14/h4-6,8-9,14H,7H2,1-3H3. The summed E-state index contributed by atoms with van der Waals surface area (Å²) in [6.45, 7) is 3.60. The molecule has 1 unspecified atom stereocenters. The molecular formula is C13H17NO2. The maximum Gasteiger partial charge on any atom is 0.308 e. The third-order valence-corrected chi connectivity index (χ3v) is 2.51. The van der Waals surface area contributed by atoms with Crippen LogP contribution in [0.25, 0.3) is 0 Å². The summed E-state index contributed by atoms with van der Waals surface area (Å²) in [5, 5.41) is 7.54. The lowest BCUT2D eigenvalue weighted by molar-refractivity contribution is -0.144. The van der Waals surface area contributed by atoms with Gasteiger partial charge in [-0.15, -0.1) is 0 Å². The molecule has 0 heterocycles. The third-order valence-electron chi connectivity index (χ3n) is 2.51. The molecule has 0 bridgehead atoms. The lowest BCUT2D eigenvalue weighted by Crippen LogP contribution is -2.15. The van der Waals surface area contributed by atoms with Crippen LogP contribution in [-0.4, -0.2) is 18.8 Å². The van der Waals surface area contributed by atoms with E-state index >= 15 is 0 Å². The van der Waals surface area contributed by atoms with E-state index in [1.807, 2.05) is 31.2 Å². The zero-order valence-corrected chi connectivity index (χ0v) is 9.91. The van der Waals surface area contributed by atoms with E-state index in [0.29, 0.717) is 12.1 Å². The van der Waals surface area contributed by atoms with Crippen LogP contribution in [0.4, 0.5) is 0 Å². The number of rotatable bonds is 4. The van der Waals surface area contributed by atoms with Crippen LogP contribution in [0.3, 0.4) is 0 Å². The van der Waals surface area contributed by atoms with Gasteiger partial charge in [0.25, 0.3) is 0 Å². The molecule has 0 amide bonds. The Morgan fingerprint density at radius 2 is 2.19 bits per heavy atom. The maximum atomic E-state index is 11.3. The van der Waals surface area contributed by atoms with Gasteiger partial charge in [-0.3, -0.25) is 4.79 Å². The average Bonchev–Trinajstić information content (AvgIpc) is 2.28. The molecule has 16 heavy (non-hydrogen) atoms. The van der Waals surface area contributed by atoms with Gasteiger partial charge in [0.05, 0.1) is 13.0 Å². The van der Waals surface area contributed by atoms with Crippen LogP contribution in [-0.2, 0) is 16.0 Å². The van der Waals surface area contributed by atoms with Crippen molar-refractivity contribution in [2.24, 2.45) is 5.92 Å². The number of esters is 1. The normalized spacial score (nSPS) is 11.9. The molecule has 3 heteroatoms. The van der Waals surface area contributed by atoms with E-state index in [4.69, 9.17) is 5.41 Å². The van der Waals surface area contributed by atoms with Crippen molar-refractivity contribution in [2.45, 2.75) is 20.3 Å². The van der Waals surface area contributed by atoms with Crippen molar-refractivity contribution in [1.29, 1.82) is 5.41 Å². The summed E-state index contributed by atoms with van der Waals surface area (Å²) in [6.07, 6.45) is 0.647. The van der Waals surface area contributed by atoms with E-state index < -0.39 is 0 Å². The van der Waals surface area contributed by atoms with Crippen LogP contribution in [0.2, 0.25) is 0 Å². The second-order valence-electron chi connectivity index (χ2n) is 3.95. The van der Waals surface area contributed by atoms with Crippen molar-refractivity contribution in [1.82, 2.24) is 0 Å². The van der Waals surface area contributed by atoms with Crippen molar-refractivity contribution in [3.05, 3.63) is 35.4 Å². The van der Waals surface area contributed by atoms with E-state index in [0.717, 1.165) is 11.1 Å². The van der Waals surface area contributed by atoms with Gasteiger partial charge in [-0.25, -0.2) is 0 Å². The Balaban J connectivity index is 2.78. The van der Waals surface area contributed by atoms with E-state index in [1.54, 1.807) is 6.92 Å². The van der Waals surface area contributed by atoms with Crippen molar-refractivity contribution < 1.29 is 9.53 Å². The Hall–Kier alpha value is -1.64. The van der Waals surface area contributed by atoms with Gasteiger partial charge in [0.2, 0.25) is 0 Å². The first-order chi connectivity index (χ1) is 7.54. The number of ether oxygens (including phenoxy) is 1. The molecule has 0 spiro atoms. The van der Waals surface area contributed by atoms with E-state index in [1.165, 1.54) is 7.11 Å². The second-order valence-corrected chi connectivity index (χ2v) is 3.95. The SMILES string of the molecule is COC(=O)C(C)Cc1cccc(C(C)=N)c1. The highest BCUT2D eigenvalue weighted by atomic mass is 16.5. The number of carbonyl (C=O) groups is 1. The van der Waals surface area contributed by atoms with E-state index in [-0.39, 0.29) is 11.9 Å². The number of hydrogen-bond acceptors (Lipinski definition) is 3. The number of methoxy groups -OCH3 is 1. The zero-order valence-electron chi connectivity index (χ0n) is 9.91. The molecule has 1 aromatic carbocycles. The highest BCUT2D eigenvalue weighted by Crippen LogP contribution is 2.12. The molecule has 3 nitrogen and oxygen atoms in total. The molecule has 0 saturated carbocycles. The minimum absolute atomic E-state index is 0.147. The van der Waals surface area contributed by atoms with E-state index in [9.17, 15) is 4.79 Å². The molecule has 0 fully saturated rings. The molecule has 1 aromatic rings. The molecule has 0 radical (unpaired) electrons. The largest absolute Gasteiger partial charge is 0.469 e. The molecule has 1 rings (SSSR count). The Morgan fingerprint density at radius 3 is 2.75 bits per heavy atom. The van der Waals surface area contributed by atoms with Gasteiger partial charge in [0.1, 0.15) is 0 Å². The predicted octanol–water partition coefficient (Wildman–Crippen LogP) is 2.43. The minimum atomic E-state index is -0.197. The van der Waals surface area contributed by atoms with Crippen LogP contribution in [0.1, 0.15) is 25.0 Å². The highest BCUT2D eigenvalue weighted by molar-refractivity contribution is 5.96. The fourth-order valence-electron chi connectivity index (χ4n) is 1.57. The predicted molar refractivity (Wildman–Crippen MR) is 63.8 cm³/mol. The fourth-order valence-corrected chi connectivity index (χ4v) is 1.57. The highest BCUT2D eigenvalue weighted by Gasteiger charge is 2.13. The molecule has 1 atom stereocenters. The summed E-state index contributed by atoms with van der Waals surface area (Å²) in [6, 6.07) is 7.72. The monoisotopic (exact) mass is 219 g/mol. The topological polar surface area (TPSA) is 50.2 Å². The van der Waals surface area contributed by atoms with Gasteiger partial charge >= 0.3 is 5.97 Å². The number of hydrogen-bond donors (Lipinski definition) is 1. The summed E-state index contributed by atoms with van der Waals surface area (Å²) < 4.78 is 4.68. The molecule has 0 aliphatic heterocycles. The van der Waals surface area contributed by atoms with Gasteiger partial charge in [-0.05, 0) is 30.5 Å². The van der Waals surface area contributed by atoms with Crippen molar-refractivity contribution in [3.63, 3.8) is 0 Å². The molecule has 0 aliphatic rings. The molecule has 0 aromatic heterocycles. The average molecular weight is 219 g/mol. The quantitative estimate of drug-likeness (QED) is 0.624. The summed E-state index contributed by atoms with van der Waals surface area (Å²) >= 11 is 0. The lowest BCUT2D eigenvalue weighted by atomic mass is 9.98. The molecule has 0 saturated heterocycles. The summed E-state index contributed by atoms with van der Waals surface area (Å²) in [5.41, 5.74) is 2.49. The van der Waals surface area contributed by atoms with Gasteiger partial charge < -0.3 is 10.1 Å². The van der Waals surface area contributed by atoms with Crippen LogP contribution in [0.5, 0.6) is 0 Å².